The van der Waals surface area contributed by atoms with Gasteiger partial charge in [0.1, 0.15) is 5.75 Å². The number of benzene rings is 1. The van der Waals surface area contributed by atoms with Crippen LogP contribution in [0.25, 0.3) is 11.3 Å². The summed E-state index contributed by atoms with van der Waals surface area (Å²) in [6.07, 6.45) is 4.70. The van der Waals surface area contributed by atoms with E-state index < -0.39 is 0 Å². The number of ether oxygens (including phenoxy) is 1. The first-order valence-corrected chi connectivity index (χ1v) is 14.2. The molecule has 12 heteroatoms. The van der Waals surface area contributed by atoms with E-state index in [1.807, 2.05) is 34.5 Å². The van der Waals surface area contributed by atoms with Crippen molar-refractivity contribution in [3.63, 3.8) is 0 Å². The minimum Gasteiger partial charge on any atom is -0.496 e. The van der Waals surface area contributed by atoms with E-state index in [0.29, 0.717) is 37.3 Å². The van der Waals surface area contributed by atoms with Gasteiger partial charge in [-0.3, -0.25) is 5.32 Å². The van der Waals surface area contributed by atoms with Crippen molar-refractivity contribution < 1.29 is 9.53 Å². The van der Waals surface area contributed by atoms with E-state index in [4.69, 9.17) is 19.7 Å². The van der Waals surface area contributed by atoms with Crippen LogP contribution in [0.2, 0.25) is 0 Å². The van der Waals surface area contributed by atoms with E-state index in [2.05, 4.69) is 25.0 Å². The Bertz CT molecular complexity index is 1230. The Hall–Kier alpha value is -3.67. The maximum atomic E-state index is 13.0. The molecular formula is C26H33N9O2S. The third-order valence-corrected chi connectivity index (χ3v) is 8.09. The number of hydrogen-bond donors (Lipinski definition) is 1. The molecule has 11 nitrogen and oxygen atoms in total. The van der Waals surface area contributed by atoms with Crippen LogP contribution in [0.1, 0.15) is 25.7 Å². The summed E-state index contributed by atoms with van der Waals surface area (Å²) in [7, 11) is 1.64. The number of methoxy groups -OCH3 is 1. The smallest absolute Gasteiger partial charge is 0.323 e. The van der Waals surface area contributed by atoms with Gasteiger partial charge < -0.3 is 24.3 Å². The van der Waals surface area contributed by atoms with Gasteiger partial charge in [-0.1, -0.05) is 12.1 Å². The fraction of sp³-hybridized carbons (Fsp3) is 0.500. The summed E-state index contributed by atoms with van der Waals surface area (Å²) < 4.78 is 5.45. The Morgan fingerprint density at radius 3 is 1.92 bits per heavy atom. The normalized spacial score (nSPS) is 17.8. The zero-order valence-electron chi connectivity index (χ0n) is 21.7. The molecule has 38 heavy (non-hydrogen) atoms. The van der Waals surface area contributed by atoms with Gasteiger partial charge in [0.2, 0.25) is 17.8 Å². The van der Waals surface area contributed by atoms with E-state index in [9.17, 15) is 4.79 Å². The van der Waals surface area contributed by atoms with Gasteiger partial charge in [0.25, 0.3) is 0 Å². The molecular weight excluding hydrogens is 502 g/mol. The summed E-state index contributed by atoms with van der Waals surface area (Å²) in [5.74, 6) is 3.03. The average molecular weight is 536 g/mol. The van der Waals surface area contributed by atoms with Gasteiger partial charge in [0.05, 0.1) is 12.8 Å². The molecule has 0 bridgehead atoms. The number of carbonyl (C=O) groups excluding carboxylic acids is 1. The predicted octanol–water partition coefficient (Wildman–Crippen LogP) is 3.56. The van der Waals surface area contributed by atoms with Crippen molar-refractivity contribution in [3.05, 3.63) is 29.6 Å². The summed E-state index contributed by atoms with van der Waals surface area (Å²) in [6.45, 7) is 6.47. The molecule has 0 radical (unpaired) electrons. The van der Waals surface area contributed by atoms with E-state index in [1.54, 1.807) is 7.11 Å². The maximum Gasteiger partial charge on any atom is 0.323 e. The van der Waals surface area contributed by atoms with Crippen LogP contribution >= 0.6 is 11.3 Å². The van der Waals surface area contributed by atoms with Crippen LogP contribution in [0.3, 0.4) is 0 Å². The SMILES string of the molecule is COc1ccccc1-c1csc(NC(=O)N2CCN(c3nc(N4CCCC4)nc(N4CCCC4)n3)CC2)n1. The lowest BCUT2D eigenvalue weighted by Crippen LogP contribution is -2.50. The largest absolute Gasteiger partial charge is 0.496 e. The van der Waals surface area contributed by atoms with Crippen molar-refractivity contribution in [3.8, 4) is 17.0 Å². The number of para-hydroxylation sites is 1. The number of thiazole rings is 1. The van der Waals surface area contributed by atoms with Crippen molar-refractivity contribution in [2.45, 2.75) is 25.7 Å². The van der Waals surface area contributed by atoms with Crippen LogP contribution in [0.4, 0.5) is 27.8 Å². The van der Waals surface area contributed by atoms with Crippen molar-refractivity contribution in [2.75, 3.05) is 79.5 Å². The molecule has 3 aromatic rings. The van der Waals surface area contributed by atoms with Crippen molar-refractivity contribution >= 4 is 40.3 Å². The average Bonchev–Trinajstić information content (AvgIpc) is 3.76. The Labute approximate surface area is 226 Å². The van der Waals surface area contributed by atoms with E-state index in [0.717, 1.165) is 55.1 Å². The van der Waals surface area contributed by atoms with Gasteiger partial charge in [-0.2, -0.15) is 15.0 Å². The maximum absolute atomic E-state index is 13.0. The first-order valence-electron chi connectivity index (χ1n) is 13.3. The van der Waals surface area contributed by atoms with Crippen LogP contribution < -0.4 is 24.8 Å². The van der Waals surface area contributed by atoms with Crippen LogP contribution in [0.5, 0.6) is 5.75 Å². The number of urea groups is 1. The first kappa shape index (κ1) is 24.7. The highest BCUT2D eigenvalue weighted by molar-refractivity contribution is 7.14. The lowest BCUT2D eigenvalue weighted by Gasteiger charge is -2.35. The third kappa shape index (κ3) is 5.17. The van der Waals surface area contributed by atoms with Crippen LogP contribution in [0.15, 0.2) is 29.6 Å². The molecule has 0 unspecified atom stereocenters. The van der Waals surface area contributed by atoms with Gasteiger partial charge in [-0.15, -0.1) is 11.3 Å². The highest BCUT2D eigenvalue weighted by Gasteiger charge is 2.27. The van der Waals surface area contributed by atoms with Gasteiger partial charge in [0.15, 0.2) is 5.13 Å². The van der Waals surface area contributed by atoms with E-state index in [1.165, 1.54) is 37.0 Å². The molecule has 2 aromatic heterocycles. The van der Waals surface area contributed by atoms with Gasteiger partial charge >= 0.3 is 6.03 Å². The molecule has 5 heterocycles. The Morgan fingerprint density at radius 2 is 1.34 bits per heavy atom. The fourth-order valence-corrected chi connectivity index (χ4v) is 5.89. The molecule has 3 saturated heterocycles. The second kappa shape index (κ2) is 11.0. The van der Waals surface area contributed by atoms with Gasteiger partial charge in [-0.05, 0) is 37.8 Å². The summed E-state index contributed by atoms with van der Waals surface area (Å²) in [4.78, 5) is 40.7. The number of aromatic nitrogens is 4. The number of amides is 2. The highest BCUT2D eigenvalue weighted by Crippen LogP contribution is 2.32. The van der Waals surface area contributed by atoms with E-state index in [-0.39, 0.29) is 6.03 Å². The monoisotopic (exact) mass is 535 g/mol. The zero-order valence-corrected chi connectivity index (χ0v) is 22.5. The van der Waals surface area contributed by atoms with Crippen LogP contribution in [-0.2, 0) is 0 Å². The lowest BCUT2D eigenvalue weighted by molar-refractivity contribution is 0.208. The van der Waals surface area contributed by atoms with Crippen molar-refractivity contribution in [2.24, 2.45) is 0 Å². The Morgan fingerprint density at radius 1 is 0.789 bits per heavy atom. The number of hydrogen-bond acceptors (Lipinski definition) is 10. The Kier molecular flexibility index (Phi) is 7.12. The van der Waals surface area contributed by atoms with Crippen molar-refractivity contribution in [1.82, 2.24) is 24.8 Å². The summed E-state index contributed by atoms with van der Waals surface area (Å²) in [5, 5.41) is 5.47. The highest BCUT2D eigenvalue weighted by atomic mass is 32.1. The molecule has 0 spiro atoms. The third-order valence-electron chi connectivity index (χ3n) is 7.33. The second-order valence-corrected chi connectivity index (χ2v) is 10.6. The summed E-state index contributed by atoms with van der Waals surface area (Å²) in [6, 6.07) is 7.60. The number of nitrogens with one attached hydrogen (secondary N) is 1. The zero-order chi connectivity index (χ0) is 25.9. The summed E-state index contributed by atoms with van der Waals surface area (Å²) in [5.41, 5.74) is 1.68. The standard InChI is InChI=1S/C26H33N9O2S/c1-37-21-9-3-2-8-19(21)20-18-38-25(27-20)31-26(36)35-16-14-34(15-17-35)24-29-22(32-10-4-5-11-32)28-23(30-24)33-12-6-7-13-33/h2-3,8-9,18H,4-7,10-17H2,1H3,(H,27,31,36). The quantitative estimate of drug-likeness (QED) is 0.507. The molecule has 3 fully saturated rings. The first-order chi connectivity index (χ1) is 18.7. The number of piperazine rings is 1. The topological polar surface area (TPSA) is 103 Å². The number of rotatable bonds is 6. The molecule has 0 saturated carbocycles. The number of anilines is 4. The second-order valence-electron chi connectivity index (χ2n) is 9.77. The molecule has 0 atom stereocenters. The molecule has 6 rings (SSSR count). The number of nitrogens with zero attached hydrogens (tertiary/aromatic N) is 8. The Balaban J connectivity index is 1.11. The van der Waals surface area contributed by atoms with Crippen LogP contribution in [0, 0.1) is 0 Å². The lowest BCUT2D eigenvalue weighted by atomic mass is 10.1. The minimum absolute atomic E-state index is 0.142. The molecule has 200 valence electrons. The molecule has 1 aromatic carbocycles. The predicted molar refractivity (Wildman–Crippen MR) is 150 cm³/mol. The molecule has 0 aliphatic carbocycles. The van der Waals surface area contributed by atoms with Gasteiger partial charge in [-0.25, -0.2) is 9.78 Å². The van der Waals surface area contributed by atoms with Crippen molar-refractivity contribution in [1.29, 1.82) is 0 Å². The molecule has 3 aliphatic heterocycles. The minimum atomic E-state index is -0.142. The molecule has 2 amide bonds. The summed E-state index contributed by atoms with van der Waals surface area (Å²) >= 11 is 1.41. The van der Waals surface area contributed by atoms with Crippen LogP contribution in [-0.4, -0.2) is 90.3 Å². The fourth-order valence-electron chi connectivity index (χ4n) is 5.19. The van der Waals surface area contributed by atoms with E-state index >= 15 is 0 Å². The van der Waals surface area contributed by atoms with Gasteiger partial charge in [0, 0.05) is 63.3 Å². The molecule has 1 N–H and O–H groups in total. The number of carbonyl (C=O) groups is 1. The molecule has 3 aliphatic rings.